The van der Waals surface area contributed by atoms with Gasteiger partial charge in [-0.3, -0.25) is 5.10 Å². The Labute approximate surface area is 70.6 Å². The number of benzene rings is 1. The summed E-state index contributed by atoms with van der Waals surface area (Å²) in [6.07, 6.45) is 0. The van der Waals surface area contributed by atoms with Crippen LogP contribution in [0.2, 0.25) is 0 Å². The number of nitrogen functional groups attached to an aromatic ring is 1. The molecule has 0 unspecified atom stereocenters. The Balaban J connectivity index is 2.87. The zero-order chi connectivity index (χ0) is 8.72. The van der Waals surface area contributed by atoms with E-state index < -0.39 is 0 Å². The van der Waals surface area contributed by atoms with Gasteiger partial charge in [0.25, 0.3) is 0 Å². The normalized spacial score (nSPS) is 10.8. The van der Waals surface area contributed by atoms with Crippen LogP contribution in [-0.2, 0) is 0 Å². The lowest BCUT2D eigenvalue weighted by Crippen LogP contribution is -1.85. The van der Waals surface area contributed by atoms with Gasteiger partial charge >= 0.3 is 0 Å². The summed E-state index contributed by atoms with van der Waals surface area (Å²) in [5.41, 5.74) is 9.16. The second kappa shape index (κ2) is 2.24. The smallest absolute Gasteiger partial charge is 0.153 e. The molecule has 0 saturated carbocycles. The summed E-state index contributed by atoms with van der Waals surface area (Å²) >= 11 is 0. The predicted octanol–water partition coefficient (Wildman–Crippen LogP) is 1.76. The van der Waals surface area contributed by atoms with Crippen molar-refractivity contribution in [2.24, 2.45) is 0 Å². The summed E-state index contributed by atoms with van der Waals surface area (Å²) < 4.78 is 0. The Morgan fingerprint density at radius 3 is 2.67 bits per heavy atom. The van der Waals surface area contributed by atoms with Crippen LogP contribution in [0.5, 0.6) is 0 Å². The van der Waals surface area contributed by atoms with E-state index in [0.29, 0.717) is 5.82 Å². The van der Waals surface area contributed by atoms with Gasteiger partial charge in [-0.1, -0.05) is 0 Å². The van der Waals surface area contributed by atoms with E-state index in [4.69, 9.17) is 5.73 Å². The number of nitrogens with zero attached hydrogens (tertiary/aromatic N) is 1. The molecule has 0 aliphatic carbocycles. The molecule has 0 atom stereocenters. The molecule has 12 heavy (non-hydrogen) atoms. The highest BCUT2D eigenvalue weighted by molar-refractivity contribution is 5.89. The van der Waals surface area contributed by atoms with E-state index in [2.05, 4.69) is 36.2 Å². The van der Waals surface area contributed by atoms with Crippen LogP contribution in [-0.4, -0.2) is 10.2 Å². The Kier molecular flexibility index (Phi) is 1.33. The number of nitrogens with two attached hydrogens (primary N) is 1. The average molecular weight is 161 g/mol. The molecule has 1 aromatic heterocycles. The Morgan fingerprint density at radius 1 is 1.25 bits per heavy atom. The number of rotatable bonds is 0. The Bertz CT molecular complexity index is 429. The van der Waals surface area contributed by atoms with Gasteiger partial charge < -0.3 is 5.73 Å². The van der Waals surface area contributed by atoms with Crippen molar-refractivity contribution >= 4 is 16.7 Å². The fourth-order valence-electron chi connectivity index (χ4n) is 1.30. The third kappa shape index (κ3) is 0.863. The molecule has 0 amide bonds. The molecule has 0 aliphatic heterocycles. The molecule has 3 heteroatoms. The minimum atomic E-state index is 0.577. The van der Waals surface area contributed by atoms with E-state index in [-0.39, 0.29) is 0 Å². The third-order valence-electron chi connectivity index (χ3n) is 2.21. The van der Waals surface area contributed by atoms with E-state index in [1.165, 1.54) is 11.1 Å². The second-order valence-electron chi connectivity index (χ2n) is 3.09. The van der Waals surface area contributed by atoms with Crippen LogP contribution in [0.25, 0.3) is 10.9 Å². The van der Waals surface area contributed by atoms with Crippen molar-refractivity contribution in [1.29, 1.82) is 0 Å². The summed E-state index contributed by atoms with van der Waals surface area (Å²) in [6.45, 7) is 4.15. The molecule has 0 aliphatic rings. The quantitative estimate of drug-likeness (QED) is 0.618. The number of aromatic amines is 1. The van der Waals surface area contributed by atoms with E-state index >= 15 is 0 Å². The van der Waals surface area contributed by atoms with E-state index in [1.807, 2.05) is 0 Å². The van der Waals surface area contributed by atoms with E-state index in [0.717, 1.165) is 10.9 Å². The maximum atomic E-state index is 5.65. The number of aromatic nitrogens is 2. The van der Waals surface area contributed by atoms with E-state index in [9.17, 15) is 0 Å². The van der Waals surface area contributed by atoms with Crippen LogP contribution in [0, 0.1) is 13.8 Å². The molecule has 1 heterocycles. The zero-order valence-electron chi connectivity index (χ0n) is 7.18. The standard InChI is InChI=1S/C9H11N3/c1-5-3-7-8(4-6(5)2)11-12-9(7)10/h3-4H,1-2H3,(H3,10,11,12). The summed E-state index contributed by atoms with van der Waals surface area (Å²) in [7, 11) is 0. The van der Waals surface area contributed by atoms with Crippen molar-refractivity contribution in [3.63, 3.8) is 0 Å². The minimum Gasteiger partial charge on any atom is -0.382 e. The topological polar surface area (TPSA) is 54.7 Å². The molecule has 3 nitrogen and oxygen atoms in total. The van der Waals surface area contributed by atoms with Gasteiger partial charge in [0.1, 0.15) is 0 Å². The first-order chi connectivity index (χ1) is 5.68. The molecule has 2 aromatic rings. The van der Waals surface area contributed by atoms with Gasteiger partial charge in [0.2, 0.25) is 0 Å². The Morgan fingerprint density at radius 2 is 1.92 bits per heavy atom. The fraction of sp³-hybridized carbons (Fsp3) is 0.222. The average Bonchev–Trinajstić information content (AvgIpc) is 2.35. The van der Waals surface area contributed by atoms with Gasteiger partial charge in [-0.15, -0.1) is 0 Å². The molecule has 1 aromatic carbocycles. The lowest BCUT2D eigenvalue weighted by molar-refractivity contribution is 1.13. The molecule has 0 saturated heterocycles. The first-order valence-corrected chi connectivity index (χ1v) is 3.89. The lowest BCUT2D eigenvalue weighted by atomic mass is 10.1. The largest absolute Gasteiger partial charge is 0.382 e. The maximum absolute atomic E-state index is 5.65. The van der Waals surface area contributed by atoms with E-state index in [1.54, 1.807) is 0 Å². The van der Waals surface area contributed by atoms with Gasteiger partial charge in [-0.25, -0.2) is 0 Å². The highest BCUT2D eigenvalue weighted by Crippen LogP contribution is 2.21. The van der Waals surface area contributed by atoms with Gasteiger partial charge in [0.05, 0.1) is 5.52 Å². The maximum Gasteiger partial charge on any atom is 0.153 e. The summed E-state index contributed by atoms with van der Waals surface area (Å²) in [5.74, 6) is 0.577. The molecular weight excluding hydrogens is 150 g/mol. The van der Waals surface area contributed by atoms with Crippen LogP contribution in [0.15, 0.2) is 12.1 Å². The number of nitrogens with one attached hydrogen (secondary N) is 1. The number of H-pyrrole nitrogens is 1. The fourth-order valence-corrected chi connectivity index (χ4v) is 1.30. The third-order valence-corrected chi connectivity index (χ3v) is 2.21. The molecular formula is C9H11N3. The number of hydrogen-bond donors (Lipinski definition) is 2. The summed E-state index contributed by atoms with van der Waals surface area (Å²) in [6, 6.07) is 4.12. The monoisotopic (exact) mass is 161 g/mol. The lowest BCUT2D eigenvalue weighted by Gasteiger charge is -1.98. The van der Waals surface area contributed by atoms with Crippen molar-refractivity contribution in [2.45, 2.75) is 13.8 Å². The molecule has 3 N–H and O–H groups in total. The first-order valence-electron chi connectivity index (χ1n) is 3.89. The van der Waals surface area contributed by atoms with Gasteiger partial charge in [0.15, 0.2) is 5.82 Å². The number of hydrogen-bond acceptors (Lipinski definition) is 2. The predicted molar refractivity (Wildman–Crippen MR) is 50.0 cm³/mol. The first kappa shape index (κ1) is 7.16. The minimum absolute atomic E-state index is 0.577. The van der Waals surface area contributed by atoms with Crippen molar-refractivity contribution in [3.05, 3.63) is 23.3 Å². The highest BCUT2D eigenvalue weighted by atomic mass is 15.1. The second-order valence-corrected chi connectivity index (χ2v) is 3.09. The van der Waals surface area contributed by atoms with Crippen LogP contribution >= 0.6 is 0 Å². The van der Waals surface area contributed by atoms with Crippen molar-refractivity contribution in [3.8, 4) is 0 Å². The summed E-state index contributed by atoms with van der Waals surface area (Å²) in [5, 5.41) is 7.82. The molecule has 0 radical (unpaired) electrons. The van der Waals surface area contributed by atoms with Crippen molar-refractivity contribution in [1.82, 2.24) is 10.2 Å². The van der Waals surface area contributed by atoms with Crippen LogP contribution < -0.4 is 5.73 Å². The zero-order valence-corrected chi connectivity index (χ0v) is 7.18. The van der Waals surface area contributed by atoms with Crippen LogP contribution in [0.4, 0.5) is 5.82 Å². The SMILES string of the molecule is Cc1cc2[nH]nc(N)c2cc1C. The van der Waals surface area contributed by atoms with Gasteiger partial charge in [0, 0.05) is 5.39 Å². The number of aryl methyl sites for hydroxylation is 2. The van der Waals surface area contributed by atoms with Gasteiger partial charge in [-0.05, 0) is 37.1 Å². The molecule has 62 valence electrons. The Hall–Kier alpha value is -1.51. The molecule has 2 rings (SSSR count). The highest BCUT2D eigenvalue weighted by Gasteiger charge is 2.02. The van der Waals surface area contributed by atoms with Gasteiger partial charge in [-0.2, -0.15) is 5.10 Å². The van der Waals surface area contributed by atoms with Crippen LogP contribution in [0.3, 0.4) is 0 Å². The summed E-state index contributed by atoms with van der Waals surface area (Å²) in [4.78, 5) is 0. The number of fused-ring (bicyclic) bond motifs is 1. The molecule has 0 bridgehead atoms. The molecule has 0 spiro atoms. The van der Waals surface area contributed by atoms with Crippen molar-refractivity contribution < 1.29 is 0 Å². The van der Waals surface area contributed by atoms with Crippen molar-refractivity contribution in [2.75, 3.05) is 5.73 Å². The number of anilines is 1. The van der Waals surface area contributed by atoms with Crippen LogP contribution in [0.1, 0.15) is 11.1 Å². The molecule has 0 fully saturated rings.